The highest BCUT2D eigenvalue weighted by Crippen LogP contribution is 2.42. The second-order valence-corrected chi connectivity index (χ2v) is 7.79. The van der Waals surface area contributed by atoms with E-state index in [2.05, 4.69) is 44.2 Å². The number of nitrogens with two attached hydrogens (primary N) is 1. The summed E-state index contributed by atoms with van der Waals surface area (Å²) in [5.74, 6) is 2.83. The van der Waals surface area contributed by atoms with Crippen LogP contribution in [0.5, 0.6) is 0 Å². The molecule has 0 unspecified atom stereocenters. The summed E-state index contributed by atoms with van der Waals surface area (Å²) in [5, 5.41) is 11.2. The van der Waals surface area contributed by atoms with E-state index in [1.165, 1.54) is 23.5 Å². The number of nitrogens with zero attached hydrogens (tertiary/aromatic N) is 4. The van der Waals surface area contributed by atoms with Crippen LogP contribution in [0.15, 0.2) is 17.5 Å². The maximum atomic E-state index is 5.95. The number of rotatable bonds is 6. The second-order valence-electron chi connectivity index (χ2n) is 6.76. The van der Waals surface area contributed by atoms with Gasteiger partial charge in [-0.3, -0.25) is 4.90 Å². The van der Waals surface area contributed by atoms with Crippen LogP contribution in [0.1, 0.15) is 54.2 Å². The van der Waals surface area contributed by atoms with Gasteiger partial charge in [0.1, 0.15) is 11.6 Å². The summed E-state index contributed by atoms with van der Waals surface area (Å²) >= 11 is 1.81. The monoisotopic (exact) mass is 317 g/mol. The molecule has 6 heteroatoms. The van der Waals surface area contributed by atoms with Crippen molar-refractivity contribution in [1.29, 1.82) is 0 Å². The highest BCUT2D eigenvalue weighted by Gasteiger charge is 2.36. The first-order valence-corrected chi connectivity index (χ1v) is 8.99. The molecule has 0 amide bonds. The van der Waals surface area contributed by atoms with Gasteiger partial charge in [0, 0.05) is 29.4 Å². The third kappa shape index (κ3) is 2.83. The molecule has 0 radical (unpaired) electrons. The highest BCUT2D eigenvalue weighted by atomic mass is 32.1. The minimum absolute atomic E-state index is 0.360. The molecule has 2 saturated carbocycles. The minimum Gasteiger partial charge on any atom is -0.328 e. The predicted molar refractivity (Wildman–Crippen MR) is 87.7 cm³/mol. The van der Waals surface area contributed by atoms with Crippen molar-refractivity contribution in [1.82, 2.24) is 19.7 Å². The van der Waals surface area contributed by atoms with E-state index in [4.69, 9.17) is 5.73 Å². The Morgan fingerprint density at radius 2 is 2.14 bits per heavy atom. The predicted octanol–water partition coefficient (Wildman–Crippen LogP) is 2.51. The molecule has 118 valence electrons. The van der Waals surface area contributed by atoms with E-state index in [0.717, 1.165) is 31.8 Å². The Balaban J connectivity index is 1.49. The molecule has 0 aromatic carbocycles. The van der Waals surface area contributed by atoms with Gasteiger partial charge in [-0.15, -0.1) is 21.5 Å². The van der Waals surface area contributed by atoms with E-state index in [9.17, 15) is 0 Å². The van der Waals surface area contributed by atoms with E-state index in [1.54, 1.807) is 0 Å². The van der Waals surface area contributed by atoms with Gasteiger partial charge in [-0.25, -0.2) is 0 Å². The third-order valence-electron chi connectivity index (χ3n) is 4.66. The lowest BCUT2D eigenvalue weighted by molar-refractivity contribution is 0.301. The van der Waals surface area contributed by atoms with Gasteiger partial charge in [0.25, 0.3) is 0 Å². The Labute approximate surface area is 135 Å². The molecule has 2 N–H and O–H groups in total. The average Bonchev–Trinajstić information content (AvgIpc) is 3.00. The molecular formula is C16H23N5S. The molecule has 0 atom stereocenters. The Bertz CT molecular complexity index is 625. The normalized spacial score (nSPS) is 24.7. The van der Waals surface area contributed by atoms with Crippen LogP contribution >= 0.6 is 11.3 Å². The largest absolute Gasteiger partial charge is 0.328 e. The lowest BCUT2D eigenvalue weighted by Crippen LogP contribution is -2.36. The van der Waals surface area contributed by atoms with E-state index in [-0.39, 0.29) is 0 Å². The molecular weight excluding hydrogens is 294 g/mol. The van der Waals surface area contributed by atoms with Crippen molar-refractivity contribution in [2.75, 3.05) is 7.05 Å². The Morgan fingerprint density at radius 1 is 1.32 bits per heavy atom. The molecule has 4 rings (SSSR count). The molecule has 0 spiro atoms. The van der Waals surface area contributed by atoms with Gasteiger partial charge < -0.3 is 10.3 Å². The maximum absolute atomic E-state index is 5.95. The Morgan fingerprint density at radius 3 is 2.77 bits per heavy atom. The van der Waals surface area contributed by atoms with E-state index in [0.29, 0.717) is 18.0 Å². The first kappa shape index (κ1) is 14.4. The van der Waals surface area contributed by atoms with Crippen molar-refractivity contribution >= 4 is 11.3 Å². The van der Waals surface area contributed by atoms with Crippen molar-refractivity contribution in [2.24, 2.45) is 5.73 Å². The van der Waals surface area contributed by atoms with Gasteiger partial charge >= 0.3 is 0 Å². The molecule has 22 heavy (non-hydrogen) atoms. The smallest absolute Gasteiger partial charge is 0.147 e. The van der Waals surface area contributed by atoms with Gasteiger partial charge in [0.15, 0.2) is 0 Å². The molecule has 2 aromatic rings. The van der Waals surface area contributed by atoms with Crippen LogP contribution in [-0.2, 0) is 13.1 Å². The number of thiophene rings is 1. The number of aromatic nitrogens is 3. The number of hydrogen-bond donors (Lipinski definition) is 1. The Hall–Kier alpha value is -1.24. The van der Waals surface area contributed by atoms with Gasteiger partial charge in [0.05, 0.1) is 6.54 Å². The van der Waals surface area contributed by atoms with Crippen molar-refractivity contribution in [3.63, 3.8) is 0 Å². The summed E-state index contributed by atoms with van der Waals surface area (Å²) in [6, 6.07) is 5.29. The van der Waals surface area contributed by atoms with Crippen molar-refractivity contribution in [3.8, 4) is 0 Å². The molecule has 5 nitrogen and oxygen atoms in total. The van der Waals surface area contributed by atoms with Gasteiger partial charge in [-0.1, -0.05) is 6.07 Å². The molecule has 2 fully saturated rings. The Kier molecular flexibility index (Phi) is 3.76. The van der Waals surface area contributed by atoms with Crippen LogP contribution in [0.25, 0.3) is 0 Å². The summed E-state index contributed by atoms with van der Waals surface area (Å²) < 4.78 is 2.42. The topological polar surface area (TPSA) is 60.0 Å². The zero-order valence-electron chi connectivity index (χ0n) is 13.0. The van der Waals surface area contributed by atoms with Crippen molar-refractivity contribution < 1.29 is 0 Å². The minimum atomic E-state index is 0.360. The van der Waals surface area contributed by atoms with Gasteiger partial charge in [-0.05, 0) is 44.2 Å². The van der Waals surface area contributed by atoms with E-state index in [1.807, 2.05) is 11.3 Å². The lowest BCUT2D eigenvalue weighted by atomic mass is 9.80. The molecule has 2 aromatic heterocycles. The fraction of sp³-hybridized carbons (Fsp3) is 0.625. The highest BCUT2D eigenvalue weighted by molar-refractivity contribution is 7.09. The molecule has 2 aliphatic rings. The average molecular weight is 317 g/mol. The molecule has 2 heterocycles. The summed E-state index contributed by atoms with van der Waals surface area (Å²) in [6.45, 7) is 1.83. The summed E-state index contributed by atoms with van der Waals surface area (Å²) in [5.41, 5.74) is 5.95. The molecule has 2 aliphatic carbocycles. The molecule has 0 aliphatic heterocycles. The fourth-order valence-corrected chi connectivity index (χ4v) is 4.08. The molecule has 0 bridgehead atoms. The zero-order valence-corrected chi connectivity index (χ0v) is 13.8. The third-order valence-corrected chi connectivity index (χ3v) is 5.52. The van der Waals surface area contributed by atoms with Crippen molar-refractivity contribution in [2.45, 2.75) is 56.8 Å². The van der Waals surface area contributed by atoms with Crippen LogP contribution in [-0.4, -0.2) is 32.8 Å². The fourth-order valence-electron chi connectivity index (χ4n) is 3.29. The van der Waals surface area contributed by atoms with Crippen LogP contribution in [0, 0.1) is 0 Å². The lowest BCUT2D eigenvalue weighted by Gasteiger charge is -2.32. The van der Waals surface area contributed by atoms with Crippen LogP contribution < -0.4 is 5.73 Å². The summed E-state index contributed by atoms with van der Waals surface area (Å²) in [4.78, 5) is 3.72. The first-order chi connectivity index (χ1) is 10.7. The first-order valence-electron chi connectivity index (χ1n) is 8.11. The van der Waals surface area contributed by atoms with Crippen LogP contribution in [0.4, 0.5) is 0 Å². The van der Waals surface area contributed by atoms with E-state index >= 15 is 0 Å². The van der Waals surface area contributed by atoms with Gasteiger partial charge in [-0.2, -0.15) is 0 Å². The zero-order chi connectivity index (χ0) is 15.1. The van der Waals surface area contributed by atoms with Crippen LogP contribution in [0.2, 0.25) is 0 Å². The summed E-state index contributed by atoms with van der Waals surface area (Å²) in [7, 11) is 2.16. The standard InChI is InChI=1S/C16H23N5S/c1-20(9-14-3-2-6-22-14)10-15-18-19-16(11-7-12(17)8-11)21(15)13-4-5-13/h2-3,6,11-13H,4-5,7-10,17H2,1H3. The summed E-state index contributed by atoms with van der Waals surface area (Å²) in [6.07, 6.45) is 4.67. The maximum Gasteiger partial charge on any atom is 0.147 e. The van der Waals surface area contributed by atoms with Gasteiger partial charge in [0.2, 0.25) is 0 Å². The molecule has 0 saturated heterocycles. The quantitative estimate of drug-likeness (QED) is 0.889. The second kappa shape index (κ2) is 5.76. The number of hydrogen-bond acceptors (Lipinski definition) is 5. The van der Waals surface area contributed by atoms with E-state index < -0.39 is 0 Å². The van der Waals surface area contributed by atoms with Crippen molar-refractivity contribution in [3.05, 3.63) is 34.0 Å². The van der Waals surface area contributed by atoms with Crippen LogP contribution in [0.3, 0.4) is 0 Å². The SMILES string of the molecule is CN(Cc1cccs1)Cc1nnc(C2CC(N)C2)n1C1CC1.